The standard InChI is InChI=1S/C31H40N8O3/c1-9-29(40)33-24-18-25(28(42-10-2)19-26(24)38(7)16-15-37(5)6)35-30-32-14-13-22(34-30)21-11-12-23-27(17-21)39(20(3)4)31(36-23)41-8/h9,11-14,17-20H,1,10,15-16H2,2-8H3,(H,33,40)(H,32,34,35). The largest absolute Gasteiger partial charge is 0.492 e. The van der Waals surface area contributed by atoms with E-state index in [1.807, 2.05) is 58.4 Å². The van der Waals surface area contributed by atoms with E-state index >= 15 is 0 Å². The van der Waals surface area contributed by atoms with Crippen LogP contribution in [0.1, 0.15) is 26.8 Å². The first-order valence-corrected chi connectivity index (χ1v) is 13.9. The number of carbonyl (C=O) groups excluding carboxylic acids is 1. The first-order chi connectivity index (χ1) is 20.1. The van der Waals surface area contributed by atoms with Crippen molar-refractivity contribution in [2.24, 2.45) is 0 Å². The number of imidazole rings is 1. The van der Waals surface area contributed by atoms with Gasteiger partial charge in [-0.05, 0) is 65.2 Å². The van der Waals surface area contributed by atoms with E-state index in [-0.39, 0.29) is 11.9 Å². The molecule has 0 aliphatic heterocycles. The predicted molar refractivity (Wildman–Crippen MR) is 169 cm³/mol. The average Bonchev–Trinajstić information content (AvgIpc) is 3.35. The van der Waals surface area contributed by atoms with E-state index in [9.17, 15) is 4.79 Å². The number of nitrogens with one attached hydrogen (secondary N) is 2. The second-order valence-electron chi connectivity index (χ2n) is 10.4. The predicted octanol–water partition coefficient (Wildman–Crippen LogP) is 5.35. The Bertz CT molecular complexity index is 1560. The van der Waals surface area contributed by atoms with E-state index in [0.717, 1.165) is 41.1 Å². The number of ether oxygens (including phenoxy) is 2. The Morgan fingerprint density at radius 3 is 2.55 bits per heavy atom. The fourth-order valence-electron chi connectivity index (χ4n) is 4.59. The van der Waals surface area contributed by atoms with Crippen LogP contribution < -0.4 is 25.0 Å². The van der Waals surface area contributed by atoms with Gasteiger partial charge < -0.3 is 29.9 Å². The number of hydrogen-bond donors (Lipinski definition) is 2. The SMILES string of the molecule is C=CC(=O)Nc1cc(Nc2nccc(-c3ccc4nc(OC)n(C(C)C)c4c3)n2)c(OCC)cc1N(C)CCN(C)C. The lowest BCUT2D eigenvalue weighted by atomic mass is 10.1. The summed E-state index contributed by atoms with van der Waals surface area (Å²) >= 11 is 0. The Morgan fingerprint density at radius 2 is 1.88 bits per heavy atom. The summed E-state index contributed by atoms with van der Waals surface area (Å²) in [7, 11) is 7.65. The van der Waals surface area contributed by atoms with Crippen LogP contribution in [0.5, 0.6) is 11.8 Å². The average molecular weight is 573 g/mol. The Labute approximate surface area is 247 Å². The third kappa shape index (κ3) is 6.80. The highest BCUT2D eigenvalue weighted by atomic mass is 16.5. The van der Waals surface area contributed by atoms with Gasteiger partial charge in [-0.15, -0.1) is 0 Å². The molecule has 2 aromatic heterocycles. The summed E-state index contributed by atoms with van der Waals surface area (Å²) in [5.41, 5.74) is 5.52. The lowest BCUT2D eigenvalue weighted by Crippen LogP contribution is -2.29. The zero-order valence-corrected chi connectivity index (χ0v) is 25.4. The second-order valence-corrected chi connectivity index (χ2v) is 10.4. The lowest BCUT2D eigenvalue weighted by molar-refractivity contribution is -0.111. The highest BCUT2D eigenvalue weighted by Gasteiger charge is 2.18. The molecule has 4 rings (SSSR count). The van der Waals surface area contributed by atoms with E-state index < -0.39 is 0 Å². The Hall–Kier alpha value is -4.64. The molecule has 2 heterocycles. The van der Waals surface area contributed by atoms with Gasteiger partial charge in [0.15, 0.2) is 0 Å². The minimum atomic E-state index is -0.307. The Kier molecular flexibility index (Phi) is 9.64. The number of fused-ring (bicyclic) bond motifs is 1. The highest BCUT2D eigenvalue weighted by Crippen LogP contribution is 2.38. The summed E-state index contributed by atoms with van der Waals surface area (Å²) in [6.45, 7) is 11.8. The quantitative estimate of drug-likeness (QED) is 0.205. The molecule has 11 nitrogen and oxygen atoms in total. The summed E-state index contributed by atoms with van der Waals surface area (Å²) in [5, 5.41) is 6.24. The number of methoxy groups -OCH3 is 1. The van der Waals surface area contributed by atoms with Crippen LogP contribution in [0.4, 0.5) is 23.0 Å². The molecule has 0 bridgehead atoms. The molecule has 2 aromatic carbocycles. The van der Waals surface area contributed by atoms with E-state index in [4.69, 9.17) is 14.5 Å². The van der Waals surface area contributed by atoms with E-state index in [0.29, 0.717) is 35.7 Å². The molecule has 0 radical (unpaired) electrons. The van der Waals surface area contributed by atoms with Crippen molar-refractivity contribution in [2.45, 2.75) is 26.8 Å². The molecule has 0 spiro atoms. The first-order valence-electron chi connectivity index (χ1n) is 13.9. The van der Waals surface area contributed by atoms with Crippen LogP contribution >= 0.6 is 0 Å². The fourth-order valence-corrected chi connectivity index (χ4v) is 4.59. The van der Waals surface area contributed by atoms with Crippen LogP contribution in [0.3, 0.4) is 0 Å². The van der Waals surface area contributed by atoms with Gasteiger partial charge in [0, 0.05) is 44.0 Å². The third-order valence-electron chi connectivity index (χ3n) is 6.69. The van der Waals surface area contributed by atoms with Gasteiger partial charge in [-0.1, -0.05) is 12.6 Å². The van der Waals surface area contributed by atoms with Gasteiger partial charge in [0.2, 0.25) is 11.9 Å². The normalized spacial score (nSPS) is 11.2. The zero-order valence-electron chi connectivity index (χ0n) is 25.4. The maximum Gasteiger partial charge on any atom is 0.297 e. The summed E-state index contributed by atoms with van der Waals surface area (Å²) in [6, 6.07) is 12.4. The van der Waals surface area contributed by atoms with Gasteiger partial charge in [-0.25, -0.2) is 9.97 Å². The number of rotatable bonds is 13. The molecule has 0 saturated carbocycles. The molecule has 0 unspecified atom stereocenters. The van der Waals surface area contributed by atoms with Gasteiger partial charge in [0.25, 0.3) is 6.01 Å². The molecule has 1 amide bonds. The van der Waals surface area contributed by atoms with Crippen LogP contribution in [0, 0.1) is 0 Å². The van der Waals surface area contributed by atoms with Gasteiger partial charge >= 0.3 is 0 Å². The number of carbonyl (C=O) groups is 1. The van der Waals surface area contributed by atoms with Gasteiger partial charge in [-0.2, -0.15) is 4.98 Å². The second kappa shape index (κ2) is 13.3. The molecule has 42 heavy (non-hydrogen) atoms. The number of nitrogens with zero attached hydrogens (tertiary/aromatic N) is 6. The van der Waals surface area contributed by atoms with Gasteiger partial charge in [-0.3, -0.25) is 9.36 Å². The number of hydrogen-bond acceptors (Lipinski definition) is 9. The number of benzene rings is 2. The smallest absolute Gasteiger partial charge is 0.297 e. The maximum atomic E-state index is 12.3. The van der Waals surface area contributed by atoms with Crippen molar-refractivity contribution in [2.75, 3.05) is 63.5 Å². The Balaban J connectivity index is 1.72. The van der Waals surface area contributed by atoms with Crippen LogP contribution in [-0.4, -0.2) is 78.3 Å². The van der Waals surface area contributed by atoms with Crippen molar-refractivity contribution in [3.8, 4) is 23.0 Å². The summed E-state index contributed by atoms with van der Waals surface area (Å²) in [5.74, 6) is 0.695. The Morgan fingerprint density at radius 1 is 1.10 bits per heavy atom. The van der Waals surface area contributed by atoms with Gasteiger partial charge in [0.05, 0.1) is 47.5 Å². The van der Waals surface area contributed by atoms with E-state index in [2.05, 4.69) is 61.5 Å². The van der Waals surface area contributed by atoms with Crippen LogP contribution in [-0.2, 0) is 4.79 Å². The van der Waals surface area contributed by atoms with Gasteiger partial charge in [0.1, 0.15) is 5.75 Å². The topological polar surface area (TPSA) is 110 Å². The molecule has 0 aliphatic rings. The minimum absolute atomic E-state index is 0.167. The van der Waals surface area contributed by atoms with Crippen LogP contribution in [0.25, 0.3) is 22.3 Å². The lowest BCUT2D eigenvalue weighted by Gasteiger charge is -2.26. The first kappa shape index (κ1) is 30.3. The molecule has 4 aromatic rings. The zero-order chi connectivity index (χ0) is 30.4. The number of amides is 1. The summed E-state index contributed by atoms with van der Waals surface area (Å²) < 4.78 is 13.6. The maximum absolute atomic E-state index is 12.3. The summed E-state index contributed by atoms with van der Waals surface area (Å²) in [4.78, 5) is 30.4. The number of anilines is 4. The molecule has 0 atom stereocenters. The molecule has 2 N–H and O–H groups in total. The third-order valence-corrected chi connectivity index (χ3v) is 6.69. The van der Waals surface area contributed by atoms with Crippen molar-refractivity contribution in [1.82, 2.24) is 24.4 Å². The molecule has 0 saturated heterocycles. The van der Waals surface area contributed by atoms with Crippen LogP contribution in [0.15, 0.2) is 55.3 Å². The molecule has 0 aliphatic carbocycles. The van der Waals surface area contributed by atoms with Crippen molar-refractivity contribution < 1.29 is 14.3 Å². The van der Waals surface area contributed by atoms with Crippen molar-refractivity contribution in [1.29, 1.82) is 0 Å². The fraction of sp³-hybridized carbons (Fsp3) is 0.355. The monoisotopic (exact) mass is 572 g/mol. The van der Waals surface area contributed by atoms with Crippen molar-refractivity contribution in [3.63, 3.8) is 0 Å². The van der Waals surface area contributed by atoms with Crippen molar-refractivity contribution in [3.05, 3.63) is 55.3 Å². The number of likely N-dealkylation sites (N-methyl/N-ethyl adjacent to an activating group) is 2. The highest BCUT2D eigenvalue weighted by molar-refractivity contribution is 6.02. The summed E-state index contributed by atoms with van der Waals surface area (Å²) in [6.07, 6.45) is 2.96. The molecular formula is C31H40N8O3. The molecule has 11 heteroatoms. The van der Waals surface area contributed by atoms with E-state index in [1.165, 1.54) is 6.08 Å². The minimum Gasteiger partial charge on any atom is -0.492 e. The number of aromatic nitrogens is 4. The molecular weight excluding hydrogens is 532 g/mol. The molecule has 222 valence electrons. The molecule has 0 fully saturated rings. The van der Waals surface area contributed by atoms with Crippen molar-refractivity contribution >= 4 is 40.0 Å². The van der Waals surface area contributed by atoms with Crippen LogP contribution in [0.2, 0.25) is 0 Å². The van der Waals surface area contributed by atoms with E-state index in [1.54, 1.807) is 13.3 Å².